The van der Waals surface area contributed by atoms with Gasteiger partial charge in [0.15, 0.2) is 5.13 Å². The van der Waals surface area contributed by atoms with Crippen LogP contribution in [0.5, 0.6) is 5.75 Å². The number of rotatable bonds is 7. The summed E-state index contributed by atoms with van der Waals surface area (Å²) in [5, 5.41) is 13.1. The molecule has 30 heavy (non-hydrogen) atoms. The molecule has 0 fully saturated rings. The van der Waals surface area contributed by atoms with Gasteiger partial charge < -0.3 is 14.6 Å². The number of carbonyl (C=O) groups excluding carboxylic acids is 1. The molecule has 0 radical (unpaired) electrons. The minimum absolute atomic E-state index is 0.0162. The molecule has 0 aliphatic rings. The second kappa shape index (κ2) is 9.45. The lowest BCUT2D eigenvalue weighted by Crippen LogP contribution is -2.13. The Labute approximate surface area is 187 Å². The number of amides is 1. The zero-order chi connectivity index (χ0) is 21.9. The van der Waals surface area contributed by atoms with Crippen molar-refractivity contribution in [2.75, 3.05) is 25.6 Å². The first-order valence-electron chi connectivity index (χ1n) is 8.56. The zero-order valence-electron chi connectivity index (χ0n) is 15.5. The standard InChI is InChI=1S/C19H16F3IN2O4S/c1-28-4-5-29-9-10-6-12(23)8-13(16(10)26)17(27)25-18-24-14-3-2-11(19(20,21)22)7-15(14)30-18/h2-3,6-8,26H,4-5,9H2,1H3,(H,24,25,27). The van der Waals surface area contributed by atoms with E-state index >= 15 is 0 Å². The fourth-order valence-corrected chi connectivity index (χ4v) is 4.17. The highest BCUT2D eigenvalue weighted by Crippen LogP contribution is 2.35. The Hall–Kier alpha value is -1.96. The summed E-state index contributed by atoms with van der Waals surface area (Å²) in [5.74, 6) is -0.856. The second-order valence-electron chi connectivity index (χ2n) is 6.16. The summed E-state index contributed by atoms with van der Waals surface area (Å²) < 4.78 is 49.9. The molecule has 0 unspecified atom stereocenters. The van der Waals surface area contributed by atoms with Crippen molar-refractivity contribution in [3.05, 3.63) is 50.6 Å². The highest BCUT2D eigenvalue weighted by molar-refractivity contribution is 14.1. The van der Waals surface area contributed by atoms with E-state index in [2.05, 4.69) is 10.3 Å². The number of fused-ring (bicyclic) bond motifs is 1. The highest BCUT2D eigenvalue weighted by atomic mass is 127. The maximum Gasteiger partial charge on any atom is 0.416 e. The molecule has 11 heteroatoms. The van der Waals surface area contributed by atoms with E-state index in [0.29, 0.717) is 32.6 Å². The number of ether oxygens (including phenoxy) is 2. The third kappa shape index (κ3) is 5.39. The van der Waals surface area contributed by atoms with Gasteiger partial charge in [0.25, 0.3) is 5.91 Å². The summed E-state index contributed by atoms with van der Waals surface area (Å²) in [4.78, 5) is 16.8. The summed E-state index contributed by atoms with van der Waals surface area (Å²) in [6.07, 6.45) is -4.46. The number of alkyl halides is 3. The SMILES string of the molecule is COCCOCc1cc(I)cc(C(=O)Nc2nc3ccc(C(F)(F)F)cc3s2)c1O. The molecule has 3 rings (SSSR count). The summed E-state index contributed by atoms with van der Waals surface area (Å²) in [6, 6.07) is 6.37. The van der Waals surface area contributed by atoms with E-state index in [1.54, 1.807) is 13.2 Å². The van der Waals surface area contributed by atoms with E-state index in [9.17, 15) is 23.1 Å². The molecule has 0 spiro atoms. The van der Waals surface area contributed by atoms with Crippen molar-refractivity contribution in [2.45, 2.75) is 12.8 Å². The number of halogens is 4. The predicted octanol–water partition coefficient (Wildman–Crippen LogP) is 5.04. The van der Waals surface area contributed by atoms with Crippen molar-refractivity contribution in [1.29, 1.82) is 0 Å². The molecular weight excluding hydrogens is 536 g/mol. The summed E-state index contributed by atoms with van der Waals surface area (Å²) >= 11 is 2.93. The van der Waals surface area contributed by atoms with Crippen LogP contribution >= 0.6 is 33.9 Å². The minimum atomic E-state index is -4.46. The lowest BCUT2D eigenvalue weighted by molar-refractivity contribution is -0.137. The van der Waals surface area contributed by atoms with E-state index < -0.39 is 17.6 Å². The maximum absolute atomic E-state index is 12.9. The number of phenolic OH excluding ortho intramolecular Hbond substituents is 1. The molecule has 3 aromatic rings. The number of aromatic hydroxyl groups is 1. The van der Waals surface area contributed by atoms with Gasteiger partial charge in [0.2, 0.25) is 0 Å². The molecule has 0 atom stereocenters. The average molecular weight is 552 g/mol. The summed E-state index contributed by atoms with van der Waals surface area (Å²) in [7, 11) is 1.54. The summed E-state index contributed by atoms with van der Waals surface area (Å²) in [6.45, 7) is 0.813. The lowest BCUT2D eigenvalue weighted by atomic mass is 10.1. The minimum Gasteiger partial charge on any atom is -0.507 e. The van der Waals surface area contributed by atoms with Crippen molar-refractivity contribution in [2.24, 2.45) is 0 Å². The number of aromatic nitrogens is 1. The van der Waals surface area contributed by atoms with Gasteiger partial charge in [-0.3, -0.25) is 10.1 Å². The fraction of sp³-hybridized carbons (Fsp3) is 0.263. The van der Waals surface area contributed by atoms with Crippen LogP contribution in [0.1, 0.15) is 21.5 Å². The Bertz CT molecular complexity index is 1070. The first-order chi connectivity index (χ1) is 14.2. The number of hydrogen-bond acceptors (Lipinski definition) is 6. The Balaban J connectivity index is 1.81. The number of nitrogens with zero attached hydrogens (tertiary/aromatic N) is 1. The molecule has 0 saturated heterocycles. The van der Waals surface area contributed by atoms with Crippen LogP contribution in [-0.4, -0.2) is 36.3 Å². The Morgan fingerprint density at radius 3 is 2.73 bits per heavy atom. The molecule has 0 saturated carbocycles. The van der Waals surface area contributed by atoms with Crippen LogP contribution < -0.4 is 5.32 Å². The average Bonchev–Trinajstić information content (AvgIpc) is 3.08. The molecule has 1 aromatic heterocycles. The first-order valence-corrected chi connectivity index (χ1v) is 10.5. The second-order valence-corrected chi connectivity index (χ2v) is 8.44. The monoisotopic (exact) mass is 552 g/mol. The Kier molecular flexibility index (Phi) is 7.16. The van der Waals surface area contributed by atoms with Crippen LogP contribution in [0, 0.1) is 3.57 Å². The number of benzene rings is 2. The predicted molar refractivity (Wildman–Crippen MR) is 115 cm³/mol. The van der Waals surface area contributed by atoms with Crippen LogP contribution in [0.25, 0.3) is 10.2 Å². The van der Waals surface area contributed by atoms with Crippen LogP contribution in [0.15, 0.2) is 30.3 Å². The number of hydrogen-bond donors (Lipinski definition) is 2. The van der Waals surface area contributed by atoms with Crippen molar-refractivity contribution >= 4 is 55.2 Å². The molecule has 6 nitrogen and oxygen atoms in total. The quantitative estimate of drug-likeness (QED) is 0.317. The fourth-order valence-electron chi connectivity index (χ4n) is 2.58. The van der Waals surface area contributed by atoms with Gasteiger partial charge in [-0.25, -0.2) is 4.98 Å². The first kappa shape index (κ1) is 22.7. The smallest absolute Gasteiger partial charge is 0.416 e. The lowest BCUT2D eigenvalue weighted by Gasteiger charge is -2.11. The van der Waals surface area contributed by atoms with Crippen LogP contribution in [0.3, 0.4) is 0 Å². The third-order valence-corrected chi connectivity index (χ3v) is 5.58. The van der Waals surface area contributed by atoms with E-state index in [1.807, 2.05) is 22.6 Å². The molecular formula is C19H16F3IN2O4S. The Morgan fingerprint density at radius 1 is 1.27 bits per heavy atom. The van der Waals surface area contributed by atoms with Crippen LogP contribution in [0.2, 0.25) is 0 Å². The molecule has 0 aliphatic carbocycles. The molecule has 2 N–H and O–H groups in total. The number of nitrogens with one attached hydrogen (secondary N) is 1. The van der Waals surface area contributed by atoms with Gasteiger partial charge in [-0.2, -0.15) is 13.2 Å². The molecule has 1 heterocycles. The topological polar surface area (TPSA) is 80.7 Å². The van der Waals surface area contributed by atoms with Crippen LogP contribution in [0.4, 0.5) is 18.3 Å². The van der Waals surface area contributed by atoms with Crippen molar-refractivity contribution in [1.82, 2.24) is 4.98 Å². The highest BCUT2D eigenvalue weighted by Gasteiger charge is 2.30. The number of phenols is 1. The van der Waals surface area contributed by atoms with E-state index in [1.165, 1.54) is 12.1 Å². The molecule has 2 aromatic carbocycles. The van der Waals surface area contributed by atoms with Gasteiger partial charge in [-0.15, -0.1) is 0 Å². The molecule has 160 valence electrons. The molecule has 1 amide bonds. The van der Waals surface area contributed by atoms with Gasteiger partial charge in [-0.05, 0) is 52.9 Å². The molecule has 0 aliphatic heterocycles. The number of carbonyl (C=O) groups is 1. The van der Waals surface area contributed by atoms with E-state index in [4.69, 9.17) is 9.47 Å². The number of methoxy groups -OCH3 is 1. The van der Waals surface area contributed by atoms with E-state index in [-0.39, 0.29) is 23.1 Å². The number of thiazole rings is 1. The van der Waals surface area contributed by atoms with Crippen LogP contribution in [-0.2, 0) is 22.3 Å². The summed E-state index contributed by atoms with van der Waals surface area (Å²) in [5.41, 5.74) is -0.00274. The largest absolute Gasteiger partial charge is 0.507 e. The van der Waals surface area contributed by atoms with Gasteiger partial charge in [0.05, 0.1) is 41.2 Å². The van der Waals surface area contributed by atoms with Crippen molar-refractivity contribution in [3.8, 4) is 5.75 Å². The zero-order valence-corrected chi connectivity index (χ0v) is 18.5. The van der Waals surface area contributed by atoms with Gasteiger partial charge in [0.1, 0.15) is 5.75 Å². The Morgan fingerprint density at radius 2 is 2.03 bits per heavy atom. The van der Waals surface area contributed by atoms with Crippen molar-refractivity contribution < 1.29 is 32.5 Å². The normalized spacial score (nSPS) is 11.8. The van der Waals surface area contributed by atoms with Gasteiger partial charge in [-0.1, -0.05) is 11.3 Å². The van der Waals surface area contributed by atoms with Gasteiger partial charge >= 0.3 is 6.18 Å². The maximum atomic E-state index is 12.9. The van der Waals surface area contributed by atoms with E-state index in [0.717, 1.165) is 23.5 Å². The number of anilines is 1. The van der Waals surface area contributed by atoms with Crippen molar-refractivity contribution in [3.63, 3.8) is 0 Å². The third-order valence-electron chi connectivity index (χ3n) is 4.02. The molecule has 0 bridgehead atoms. The van der Waals surface area contributed by atoms with Gasteiger partial charge in [0, 0.05) is 16.2 Å².